The Kier molecular flexibility index (Phi) is 6.06. The fourth-order valence-corrected chi connectivity index (χ4v) is 6.02. The summed E-state index contributed by atoms with van der Waals surface area (Å²) in [5, 5.41) is 5.86. The molecule has 2 aromatic carbocycles. The van der Waals surface area contributed by atoms with Gasteiger partial charge in [0.1, 0.15) is 0 Å². The summed E-state index contributed by atoms with van der Waals surface area (Å²) in [6.07, 6.45) is 5.11. The average molecular weight is 482 g/mol. The van der Waals surface area contributed by atoms with E-state index in [-0.39, 0.29) is 22.7 Å². The highest BCUT2D eigenvalue weighted by Gasteiger charge is 2.53. The van der Waals surface area contributed by atoms with Crippen molar-refractivity contribution in [2.75, 3.05) is 5.32 Å². The molecule has 0 spiro atoms. The van der Waals surface area contributed by atoms with E-state index in [1.54, 1.807) is 0 Å². The third kappa shape index (κ3) is 4.41. The van der Waals surface area contributed by atoms with Crippen molar-refractivity contribution in [1.29, 1.82) is 0 Å². The van der Waals surface area contributed by atoms with E-state index in [9.17, 15) is 4.79 Å². The number of amides is 1. The van der Waals surface area contributed by atoms with E-state index in [4.69, 9.17) is 4.98 Å². The first-order chi connectivity index (χ1) is 16.8. The first-order valence-corrected chi connectivity index (χ1v) is 13.0. The maximum absolute atomic E-state index is 13.5. The van der Waals surface area contributed by atoms with Crippen LogP contribution < -0.4 is 5.32 Å². The third-order valence-corrected chi connectivity index (χ3v) is 8.51. The van der Waals surface area contributed by atoms with E-state index < -0.39 is 0 Å². The van der Waals surface area contributed by atoms with Crippen LogP contribution in [0.15, 0.2) is 78.4 Å². The zero-order valence-electron chi connectivity index (χ0n) is 20.7. The predicted octanol–water partition coefficient (Wildman–Crippen LogP) is 6.91. The van der Waals surface area contributed by atoms with Gasteiger partial charge in [0.25, 0.3) is 0 Å². The normalized spacial score (nSPS) is 19.4. The van der Waals surface area contributed by atoms with Crippen molar-refractivity contribution in [3.63, 3.8) is 0 Å². The van der Waals surface area contributed by atoms with Crippen LogP contribution in [0.1, 0.15) is 50.1 Å². The smallest absolute Gasteiger partial charge is 0.230 e. The summed E-state index contributed by atoms with van der Waals surface area (Å²) in [5.41, 5.74) is 6.75. The van der Waals surface area contributed by atoms with E-state index in [0.29, 0.717) is 5.13 Å². The van der Waals surface area contributed by atoms with Crippen LogP contribution >= 0.6 is 11.3 Å². The highest BCUT2D eigenvalue weighted by Crippen LogP contribution is 2.53. The Hall–Kier alpha value is -3.31. The first-order valence-electron chi connectivity index (χ1n) is 12.1. The SMILES string of the molecule is CC(C)(C)[C@@]1(C)c2ccccc2C[C@@H]1C(=O)Nc1nc(Cc2ccc(-c3ccncc3)cc2)cs1. The number of carbonyl (C=O) groups excluding carboxylic acids is 1. The zero-order chi connectivity index (χ0) is 24.6. The standard InChI is InChI=1S/C30H31N3OS/c1-29(2,3)30(4)25-8-6-5-7-23(25)18-26(30)27(34)33-28-32-24(19-35-28)17-20-9-11-21(12-10-20)22-13-15-31-16-14-22/h5-16,19,26H,17-18H2,1-4H3,(H,32,33,34)/t26-,30+/m1/s1. The number of thiazole rings is 1. The van der Waals surface area contributed by atoms with Gasteiger partial charge in [-0.1, -0.05) is 76.2 Å². The monoisotopic (exact) mass is 481 g/mol. The van der Waals surface area contributed by atoms with Gasteiger partial charge in [-0.25, -0.2) is 4.98 Å². The Labute approximate surface area is 211 Å². The van der Waals surface area contributed by atoms with Gasteiger partial charge < -0.3 is 5.32 Å². The molecule has 0 radical (unpaired) electrons. The number of benzene rings is 2. The number of nitrogens with one attached hydrogen (secondary N) is 1. The molecule has 1 amide bonds. The number of fused-ring (bicyclic) bond motifs is 1. The quantitative estimate of drug-likeness (QED) is 0.337. The largest absolute Gasteiger partial charge is 0.302 e. The first kappa shape index (κ1) is 23.4. The molecule has 5 heteroatoms. The summed E-state index contributed by atoms with van der Waals surface area (Å²) in [7, 11) is 0. The Morgan fingerprint density at radius 3 is 2.43 bits per heavy atom. The van der Waals surface area contributed by atoms with Gasteiger partial charge in [0.15, 0.2) is 5.13 Å². The number of nitrogens with zero attached hydrogens (tertiary/aromatic N) is 2. The number of aromatic nitrogens is 2. The summed E-state index contributed by atoms with van der Waals surface area (Å²) in [4.78, 5) is 22.4. The van der Waals surface area contributed by atoms with Crippen LogP contribution in [0.25, 0.3) is 11.1 Å². The van der Waals surface area contributed by atoms with Crippen LogP contribution in [0.4, 0.5) is 5.13 Å². The minimum absolute atomic E-state index is 0.0567. The molecule has 0 aliphatic heterocycles. The van der Waals surface area contributed by atoms with Crippen LogP contribution in [0.3, 0.4) is 0 Å². The lowest BCUT2D eigenvalue weighted by Gasteiger charge is -2.43. The Bertz CT molecular complexity index is 1340. The molecular weight excluding hydrogens is 450 g/mol. The molecule has 0 saturated carbocycles. The summed E-state index contributed by atoms with van der Waals surface area (Å²) in [6, 6.07) is 21.1. The van der Waals surface area contributed by atoms with E-state index in [1.165, 1.54) is 33.6 Å². The molecule has 35 heavy (non-hydrogen) atoms. The van der Waals surface area contributed by atoms with E-state index in [2.05, 4.69) is 86.5 Å². The average Bonchev–Trinajstić information content (AvgIpc) is 3.42. The second-order valence-electron chi connectivity index (χ2n) is 10.6. The lowest BCUT2D eigenvalue weighted by molar-refractivity contribution is -0.123. The summed E-state index contributed by atoms with van der Waals surface area (Å²) < 4.78 is 0. The maximum atomic E-state index is 13.5. The molecule has 0 fully saturated rings. The summed E-state index contributed by atoms with van der Waals surface area (Å²) >= 11 is 1.50. The van der Waals surface area contributed by atoms with Gasteiger partial charge in [-0.15, -0.1) is 11.3 Å². The molecule has 4 nitrogen and oxygen atoms in total. The Morgan fingerprint density at radius 1 is 1.03 bits per heavy atom. The fourth-order valence-electron chi connectivity index (χ4n) is 5.30. The minimum atomic E-state index is -0.246. The summed E-state index contributed by atoms with van der Waals surface area (Å²) in [5.74, 6) is -0.0748. The molecule has 1 aliphatic carbocycles. The molecule has 0 unspecified atom stereocenters. The maximum Gasteiger partial charge on any atom is 0.230 e. The van der Waals surface area contributed by atoms with Crippen molar-refractivity contribution in [2.24, 2.45) is 11.3 Å². The van der Waals surface area contributed by atoms with E-state index in [0.717, 1.165) is 24.1 Å². The van der Waals surface area contributed by atoms with Crippen molar-refractivity contribution in [1.82, 2.24) is 9.97 Å². The van der Waals surface area contributed by atoms with Gasteiger partial charge in [0, 0.05) is 29.6 Å². The van der Waals surface area contributed by atoms with Crippen molar-refractivity contribution in [3.8, 4) is 11.1 Å². The van der Waals surface area contributed by atoms with Gasteiger partial charge in [-0.05, 0) is 51.8 Å². The van der Waals surface area contributed by atoms with Gasteiger partial charge in [-0.3, -0.25) is 9.78 Å². The van der Waals surface area contributed by atoms with Crippen LogP contribution in [0.2, 0.25) is 0 Å². The second-order valence-corrected chi connectivity index (χ2v) is 11.5. The van der Waals surface area contributed by atoms with E-state index in [1.807, 2.05) is 29.9 Å². The number of pyridine rings is 1. The Morgan fingerprint density at radius 2 is 1.71 bits per heavy atom. The number of hydrogen-bond donors (Lipinski definition) is 1. The van der Waals surface area contributed by atoms with Crippen LogP contribution in [0, 0.1) is 11.3 Å². The molecule has 0 saturated heterocycles. The molecule has 178 valence electrons. The van der Waals surface area contributed by atoms with E-state index >= 15 is 0 Å². The molecule has 2 atom stereocenters. The topological polar surface area (TPSA) is 54.9 Å². The molecule has 5 rings (SSSR count). The van der Waals surface area contributed by atoms with Gasteiger partial charge in [0.2, 0.25) is 5.91 Å². The summed E-state index contributed by atoms with van der Waals surface area (Å²) in [6.45, 7) is 8.94. The Balaban J connectivity index is 1.29. The number of carbonyl (C=O) groups is 1. The van der Waals surface area contributed by atoms with Crippen LogP contribution in [-0.2, 0) is 23.1 Å². The lowest BCUT2D eigenvalue weighted by atomic mass is 9.60. The highest BCUT2D eigenvalue weighted by atomic mass is 32.1. The second kappa shape index (κ2) is 9.04. The van der Waals surface area contributed by atoms with Crippen LogP contribution in [-0.4, -0.2) is 15.9 Å². The van der Waals surface area contributed by atoms with Gasteiger partial charge in [-0.2, -0.15) is 0 Å². The number of anilines is 1. The van der Waals surface area contributed by atoms with Crippen molar-refractivity contribution in [3.05, 3.63) is 101 Å². The van der Waals surface area contributed by atoms with Crippen LogP contribution in [0.5, 0.6) is 0 Å². The lowest BCUT2D eigenvalue weighted by Crippen LogP contribution is -2.46. The molecule has 2 aromatic heterocycles. The zero-order valence-corrected chi connectivity index (χ0v) is 21.5. The number of hydrogen-bond acceptors (Lipinski definition) is 4. The molecule has 1 aliphatic rings. The number of rotatable bonds is 5. The fraction of sp³-hybridized carbons (Fsp3) is 0.300. The molecule has 0 bridgehead atoms. The predicted molar refractivity (Wildman–Crippen MR) is 144 cm³/mol. The van der Waals surface area contributed by atoms with Crippen molar-refractivity contribution >= 4 is 22.4 Å². The minimum Gasteiger partial charge on any atom is -0.302 e. The van der Waals surface area contributed by atoms with Crippen molar-refractivity contribution in [2.45, 2.75) is 46.0 Å². The van der Waals surface area contributed by atoms with Gasteiger partial charge >= 0.3 is 0 Å². The van der Waals surface area contributed by atoms with Gasteiger partial charge in [0.05, 0.1) is 11.6 Å². The third-order valence-electron chi connectivity index (χ3n) is 7.71. The highest BCUT2D eigenvalue weighted by molar-refractivity contribution is 7.13. The van der Waals surface area contributed by atoms with Crippen molar-refractivity contribution < 1.29 is 4.79 Å². The molecular formula is C30H31N3OS. The molecule has 2 heterocycles. The molecule has 4 aromatic rings. The molecule has 1 N–H and O–H groups in total.